The first-order valence-electron chi connectivity index (χ1n) is 12.7. The van der Waals surface area contributed by atoms with Gasteiger partial charge in [0.1, 0.15) is 0 Å². The Morgan fingerprint density at radius 2 is 2.09 bits per heavy atom. The minimum absolute atomic E-state index is 0.0258. The van der Waals surface area contributed by atoms with Gasteiger partial charge in [0.25, 0.3) is 5.56 Å². The Morgan fingerprint density at radius 1 is 1.26 bits per heavy atom. The van der Waals surface area contributed by atoms with Crippen molar-refractivity contribution in [1.82, 2.24) is 30.1 Å². The number of benzene rings is 1. The molecule has 2 atom stereocenters. The Labute approximate surface area is 201 Å². The average Bonchev–Trinajstić information content (AvgIpc) is 3.52. The maximum absolute atomic E-state index is 13.1. The Bertz CT molecular complexity index is 1160. The first kappa shape index (κ1) is 24.5. The van der Waals surface area contributed by atoms with Gasteiger partial charge in [0.15, 0.2) is 5.82 Å². The third kappa shape index (κ3) is 5.08. The van der Waals surface area contributed by atoms with E-state index >= 15 is 0 Å². The molecule has 0 aliphatic carbocycles. The van der Waals surface area contributed by atoms with E-state index in [-0.39, 0.29) is 23.2 Å². The van der Waals surface area contributed by atoms with Crippen LogP contribution in [0.15, 0.2) is 29.1 Å². The molecule has 0 bridgehead atoms. The summed E-state index contributed by atoms with van der Waals surface area (Å²) in [6.45, 7) is 12.8. The summed E-state index contributed by atoms with van der Waals surface area (Å²) in [7, 11) is 0. The van der Waals surface area contributed by atoms with Crippen molar-refractivity contribution in [1.29, 1.82) is 0 Å². The third-order valence-corrected chi connectivity index (χ3v) is 7.29. The van der Waals surface area contributed by atoms with Gasteiger partial charge in [-0.15, -0.1) is 5.10 Å². The number of pyridine rings is 1. The second-order valence-electron chi connectivity index (χ2n) is 10.0. The Balaban J connectivity index is 1.72. The van der Waals surface area contributed by atoms with E-state index in [0.717, 1.165) is 67.5 Å². The van der Waals surface area contributed by atoms with Crippen molar-refractivity contribution in [3.8, 4) is 0 Å². The second kappa shape index (κ2) is 10.4. The first-order valence-corrected chi connectivity index (χ1v) is 12.7. The number of rotatable bonds is 10. The zero-order valence-electron chi connectivity index (χ0n) is 21.2. The molecule has 1 aliphatic rings. The van der Waals surface area contributed by atoms with Crippen molar-refractivity contribution in [2.75, 3.05) is 13.2 Å². The van der Waals surface area contributed by atoms with Gasteiger partial charge in [-0.1, -0.05) is 26.8 Å². The van der Waals surface area contributed by atoms with Crippen LogP contribution in [0.25, 0.3) is 10.9 Å². The van der Waals surface area contributed by atoms with E-state index in [1.165, 1.54) is 5.56 Å². The predicted molar refractivity (Wildman–Crippen MR) is 134 cm³/mol. The van der Waals surface area contributed by atoms with Crippen LogP contribution in [0.5, 0.6) is 0 Å². The second-order valence-corrected chi connectivity index (χ2v) is 10.0. The van der Waals surface area contributed by atoms with Crippen LogP contribution in [0.2, 0.25) is 0 Å². The van der Waals surface area contributed by atoms with E-state index in [1.54, 1.807) is 0 Å². The molecule has 8 nitrogen and oxygen atoms in total. The zero-order valence-corrected chi connectivity index (χ0v) is 21.2. The van der Waals surface area contributed by atoms with Gasteiger partial charge < -0.3 is 9.72 Å². The molecule has 0 spiro atoms. The van der Waals surface area contributed by atoms with Gasteiger partial charge in [-0.25, -0.2) is 4.68 Å². The fraction of sp³-hybridized carbons (Fsp3) is 0.615. The number of hydrogen-bond acceptors (Lipinski definition) is 6. The molecule has 8 heteroatoms. The molecule has 1 fully saturated rings. The highest BCUT2D eigenvalue weighted by atomic mass is 16.5. The van der Waals surface area contributed by atoms with Crippen molar-refractivity contribution in [2.45, 2.75) is 91.0 Å². The van der Waals surface area contributed by atoms with Crippen LogP contribution < -0.4 is 5.56 Å². The van der Waals surface area contributed by atoms with Crippen molar-refractivity contribution in [3.63, 3.8) is 0 Å². The smallest absolute Gasteiger partial charge is 0.252 e. The molecule has 3 aromatic rings. The van der Waals surface area contributed by atoms with Crippen LogP contribution in [-0.2, 0) is 23.2 Å². The van der Waals surface area contributed by atoms with Gasteiger partial charge in [0, 0.05) is 30.8 Å². The molecular weight excluding hydrogens is 428 g/mol. The van der Waals surface area contributed by atoms with E-state index in [2.05, 4.69) is 72.2 Å². The highest BCUT2D eigenvalue weighted by Gasteiger charge is 2.32. The minimum atomic E-state index is -0.196. The fourth-order valence-corrected chi connectivity index (χ4v) is 4.80. The third-order valence-electron chi connectivity index (χ3n) is 7.29. The lowest BCUT2D eigenvalue weighted by molar-refractivity contribution is 0.0475. The highest BCUT2D eigenvalue weighted by Crippen LogP contribution is 2.30. The summed E-state index contributed by atoms with van der Waals surface area (Å²) in [5.41, 5.74) is 2.65. The lowest BCUT2D eigenvalue weighted by atomic mass is 10.0. The molecular formula is C26H38N6O2. The maximum atomic E-state index is 13.1. The summed E-state index contributed by atoms with van der Waals surface area (Å²) in [5, 5.41) is 13.9. The standard InChI is InChI=1S/C26H38N6O2/c1-6-18-11-12-22-19(14-18)15-20(25(33)27-22)16-31(17-21-10-9-13-34-21)23(7-2)24-28-29-30-32(24)26(4,5)8-3/h11-12,14-15,21,23H,6-10,13,16-17H2,1-5H3,(H,27,33)/t21-,23-/m1/s1. The van der Waals surface area contributed by atoms with E-state index in [1.807, 2.05) is 16.8 Å². The van der Waals surface area contributed by atoms with Crippen LogP contribution in [0.1, 0.15) is 83.3 Å². The number of aromatic nitrogens is 5. The van der Waals surface area contributed by atoms with Gasteiger partial charge in [0.2, 0.25) is 0 Å². The summed E-state index contributed by atoms with van der Waals surface area (Å²) in [4.78, 5) is 18.5. The average molecular weight is 467 g/mol. The SMILES string of the molecule is CCc1ccc2[nH]c(=O)c(CN(C[C@H]3CCCO3)[C@H](CC)c3nnnn3C(C)(C)CC)cc2c1. The van der Waals surface area contributed by atoms with E-state index in [9.17, 15) is 4.79 Å². The van der Waals surface area contributed by atoms with Crippen molar-refractivity contribution < 1.29 is 4.74 Å². The number of tetrazole rings is 1. The number of fused-ring (bicyclic) bond motifs is 1. The van der Waals surface area contributed by atoms with E-state index in [4.69, 9.17) is 4.74 Å². The van der Waals surface area contributed by atoms with Crippen molar-refractivity contribution in [2.24, 2.45) is 0 Å². The number of aryl methyl sites for hydroxylation is 1. The monoisotopic (exact) mass is 466 g/mol. The van der Waals surface area contributed by atoms with Gasteiger partial charge in [0.05, 0.1) is 17.7 Å². The van der Waals surface area contributed by atoms with Crippen molar-refractivity contribution in [3.05, 3.63) is 51.6 Å². The molecule has 1 saturated heterocycles. The molecule has 0 radical (unpaired) electrons. The predicted octanol–water partition coefficient (Wildman–Crippen LogP) is 4.35. The molecule has 1 aromatic carbocycles. The molecule has 1 aliphatic heterocycles. The van der Waals surface area contributed by atoms with Crippen LogP contribution in [0, 0.1) is 0 Å². The normalized spacial score (nSPS) is 17.6. The zero-order chi connectivity index (χ0) is 24.3. The Kier molecular flexibility index (Phi) is 7.48. The van der Waals surface area contributed by atoms with Crippen LogP contribution in [0.4, 0.5) is 0 Å². The topological polar surface area (TPSA) is 88.9 Å². The van der Waals surface area contributed by atoms with Gasteiger partial charge in [-0.05, 0) is 85.5 Å². The van der Waals surface area contributed by atoms with Gasteiger partial charge in [-0.3, -0.25) is 9.69 Å². The Hall–Kier alpha value is -2.58. The number of aromatic amines is 1. The molecule has 4 rings (SSSR count). The summed E-state index contributed by atoms with van der Waals surface area (Å²) < 4.78 is 7.96. The number of H-pyrrole nitrogens is 1. The summed E-state index contributed by atoms with van der Waals surface area (Å²) in [6, 6.07) is 8.26. The summed E-state index contributed by atoms with van der Waals surface area (Å²) in [6.07, 6.45) is 4.97. The fourth-order valence-electron chi connectivity index (χ4n) is 4.80. The molecule has 0 amide bonds. The van der Waals surface area contributed by atoms with Crippen LogP contribution >= 0.6 is 0 Å². The minimum Gasteiger partial charge on any atom is -0.377 e. The molecule has 34 heavy (non-hydrogen) atoms. The first-order chi connectivity index (χ1) is 16.4. The van der Waals surface area contributed by atoms with E-state index < -0.39 is 0 Å². The quantitative estimate of drug-likeness (QED) is 0.478. The van der Waals surface area contributed by atoms with Crippen molar-refractivity contribution >= 4 is 10.9 Å². The lowest BCUT2D eigenvalue weighted by Gasteiger charge is -2.34. The number of ether oxygens (including phenoxy) is 1. The van der Waals surface area contributed by atoms with Crippen LogP contribution in [0.3, 0.4) is 0 Å². The van der Waals surface area contributed by atoms with Crippen LogP contribution in [-0.4, -0.2) is 49.3 Å². The van der Waals surface area contributed by atoms with Gasteiger partial charge in [-0.2, -0.15) is 0 Å². The number of nitrogens with zero attached hydrogens (tertiary/aromatic N) is 5. The molecule has 3 heterocycles. The molecule has 0 unspecified atom stereocenters. The van der Waals surface area contributed by atoms with Gasteiger partial charge >= 0.3 is 0 Å². The summed E-state index contributed by atoms with van der Waals surface area (Å²) in [5.74, 6) is 0.845. The largest absolute Gasteiger partial charge is 0.377 e. The number of nitrogens with one attached hydrogen (secondary N) is 1. The maximum Gasteiger partial charge on any atom is 0.252 e. The lowest BCUT2D eigenvalue weighted by Crippen LogP contribution is -2.39. The Morgan fingerprint density at radius 3 is 2.76 bits per heavy atom. The molecule has 2 aromatic heterocycles. The van der Waals surface area contributed by atoms with E-state index in [0.29, 0.717) is 6.54 Å². The number of hydrogen-bond donors (Lipinski definition) is 1. The summed E-state index contributed by atoms with van der Waals surface area (Å²) >= 11 is 0. The highest BCUT2D eigenvalue weighted by molar-refractivity contribution is 5.79. The molecule has 1 N–H and O–H groups in total. The molecule has 0 saturated carbocycles. The molecule has 184 valence electrons.